The predicted octanol–water partition coefficient (Wildman–Crippen LogP) is 1.98. The predicted molar refractivity (Wildman–Crippen MR) is 38.9 cm³/mol. The SMILES string of the molecule is C=CO/C(=C\C)CS. The molecular weight excluding hydrogens is 120 g/mol. The van der Waals surface area contributed by atoms with E-state index >= 15 is 0 Å². The third-order valence-corrected chi connectivity index (χ3v) is 1.02. The molecule has 2 heteroatoms. The summed E-state index contributed by atoms with van der Waals surface area (Å²) in [6, 6.07) is 0. The van der Waals surface area contributed by atoms with E-state index < -0.39 is 0 Å². The molecule has 0 saturated carbocycles. The summed E-state index contributed by atoms with van der Waals surface area (Å²) in [5, 5.41) is 0. The van der Waals surface area contributed by atoms with Crippen molar-refractivity contribution in [3.63, 3.8) is 0 Å². The van der Waals surface area contributed by atoms with Gasteiger partial charge in [-0.1, -0.05) is 6.58 Å². The van der Waals surface area contributed by atoms with E-state index in [4.69, 9.17) is 4.74 Å². The van der Waals surface area contributed by atoms with Crippen molar-refractivity contribution in [3.8, 4) is 0 Å². The second-order valence-electron chi connectivity index (χ2n) is 1.20. The Hall–Kier alpha value is -0.370. The molecule has 0 aromatic carbocycles. The van der Waals surface area contributed by atoms with Gasteiger partial charge in [0.05, 0.1) is 6.26 Å². The van der Waals surface area contributed by atoms with Crippen LogP contribution in [0.25, 0.3) is 0 Å². The lowest BCUT2D eigenvalue weighted by molar-refractivity contribution is 0.357. The van der Waals surface area contributed by atoms with E-state index in [1.807, 2.05) is 13.0 Å². The maximum absolute atomic E-state index is 4.89. The fraction of sp³-hybridized carbons (Fsp3) is 0.333. The summed E-state index contributed by atoms with van der Waals surface area (Å²) in [5.41, 5.74) is 0. The summed E-state index contributed by atoms with van der Waals surface area (Å²) in [6.07, 6.45) is 3.25. The Bertz CT molecular complexity index is 96.7. The summed E-state index contributed by atoms with van der Waals surface area (Å²) in [5.74, 6) is 1.46. The van der Waals surface area contributed by atoms with E-state index in [0.717, 1.165) is 5.76 Å². The average Bonchev–Trinajstić information content (AvgIpc) is 1.83. The van der Waals surface area contributed by atoms with Gasteiger partial charge in [-0.05, 0) is 13.0 Å². The van der Waals surface area contributed by atoms with Gasteiger partial charge >= 0.3 is 0 Å². The largest absolute Gasteiger partial charge is 0.469 e. The van der Waals surface area contributed by atoms with Crippen molar-refractivity contribution in [2.45, 2.75) is 6.92 Å². The molecule has 1 nitrogen and oxygen atoms in total. The summed E-state index contributed by atoms with van der Waals surface area (Å²) in [6.45, 7) is 5.30. The smallest absolute Gasteiger partial charge is 0.108 e. The van der Waals surface area contributed by atoms with Gasteiger partial charge in [-0.15, -0.1) is 0 Å². The molecule has 0 rings (SSSR count). The number of rotatable bonds is 3. The van der Waals surface area contributed by atoms with E-state index in [9.17, 15) is 0 Å². The van der Waals surface area contributed by atoms with Crippen molar-refractivity contribution in [3.05, 3.63) is 24.7 Å². The number of thiol groups is 1. The summed E-state index contributed by atoms with van der Waals surface area (Å²) in [7, 11) is 0. The molecule has 0 aliphatic rings. The molecule has 0 heterocycles. The highest BCUT2D eigenvalue weighted by atomic mass is 32.1. The molecule has 8 heavy (non-hydrogen) atoms. The van der Waals surface area contributed by atoms with Gasteiger partial charge in [0.25, 0.3) is 0 Å². The van der Waals surface area contributed by atoms with E-state index in [-0.39, 0.29) is 0 Å². The van der Waals surface area contributed by atoms with Crippen molar-refractivity contribution in [2.24, 2.45) is 0 Å². The van der Waals surface area contributed by atoms with Crippen molar-refractivity contribution in [2.75, 3.05) is 5.75 Å². The first-order valence-electron chi connectivity index (χ1n) is 2.38. The zero-order valence-electron chi connectivity index (χ0n) is 4.92. The Balaban J connectivity index is 3.53. The first-order valence-corrected chi connectivity index (χ1v) is 3.02. The van der Waals surface area contributed by atoms with Crippen LogP contribution in [0.2, 0.25) is 0 Å². The van der Waals surface area contributed by atoms with E-state index in [1.165, 1.54) is 6.26 Å². The van der Waals surface area contributed by atoms with Gasteiger partial charge in [-0.3, -0.25) is 0 Å². The lowest BCUT2D eigenvalue weighted by atomic mass is 10.5. The molecule has 0 fully saturated rings. The van der Waals surface area contributed by atoms with Crippen LogP contribution in [0.1, 0.15) is 6.92 Å². The van der Waals surface area contributed by atoms with Crippen LogP contribution < -0.4 is 0 Å². The highest BCUT2D eigenvalue weighted by Gasteiger charge is 1.85. The third-order valence-electron chi connectivity index (χ3n) is 0.713. The van der Waals surface area contributed by atoms with Crippen LogP contribution in [0.3, 0.4) is 0 Å². The highest BCUT2D eigenvalue weighted by Crippen LogP contribution is 1.98. The maximum Gasteiger partial charge on any atom is 0.108 e. The summed E-state index contributed by atoms with van der Waals surface area (Å²) in [4.78, 5) is 0. The quantitative estimate of drug-likeness (QED) is 0.454. The highest BCUT2D eigenvalue weighted by molar-refractivity contribution is 7.80. The zero-order valence-corrected chi connectivity index (χ0v) is 5.82. The fourth-order valence-electron chi connectivity index (χ4n) is 0.304. The number of allylic oxidation sites excluding steroid dienone is 1. The maximum atomic E-state index is 4.89. The van der Waals surface area contributed by atoms with E-state index in [0.29, 0.717) is 5.75 Å². The lowest BCUT2D eigenvalue weighted by Gasteiger charge is -1.98. The van der Waals surface area contributed by atoms with Crippen LogP contribution in [-0.2, 0) is 4.74 Å². The Morgan fingerprint density at radius 1 is 1.88 bits per heavy atom. The lowest BCUT2D eigenvalue weighted by Crippen LogP contribution is -1.83. The van der Waals surface area contributed by atoms with Gasteiger partial charge in [0, 0.05) is 5.75 Å². The van der Waals surface area contributed by atoms with E-state index in [1.54, 1.807) is 0 Å². The van der Waals surface area contributed by atoms with Crippen molar-refractivity contribution in [1.82, 2.24) is 0 Å². The standard InChI is InChI=1S/C6H10OS/c1-3-6(5-8)7-4-2/h3-4,8H,2,5H2,1H3/b6-3-. The minimum atomic E-state index is 0.628. The fourth-order valence-corrected chi connectivity index (χ4v) is 0.561. The first-order chi connectivity index (χ1) is 3.85. The molecule has 0 atom stereocenters. The summed E-state index contributed by atoms with van der Waals surface area (Å²) >= 11 is 3.99. The Kier molecular flexibility index (Phi) is 4.56. The molecular formula is C6H10OS. The van der Waals surface area contributed by atoms with Crippen LogP contribution >= 0.6 is 12.6 Å². The molecule has 0 bridgehead atoms. The second kappa shape index (κ2) is 4.78. The van der Waals surface area contributed by atoms with Gasteiger partial charge in [0.2, 0.25) is 0 Å². The normalized spacial score (nSPS) is 11.0. The van der Waals surface area contributed by atoms with Crippen LogP contribution in [-0.4, -0.2) is 5.75 Å². The second-order valence-corrected chi connectivity index (χ2v) is 1.51. The van der Waals surface area contributed by atoms with Crippen LogP contribution in [0.5, 0.6) is 0 Å². The van der Waals surface area contributed by atoms with E-state index in [2.05, 4.69) is 19.2 Å². The molecule has 0 aliphatic heterocycles. The number of ether oxygens (including phenoxy) is 1. The minimum absolute atomic E-state index is 0.628. The molecule has 0 unspecified atom stereocenters. The Labute approximate surface area is 55.5 Å². The zero-order chi connectivity index (χ0) is 6.41. The van der Waals surface area contributed by atoms with Crippen LogP contribution in [0.4, 0.5) is 0 Å². The monoisotopic (exact) mass is 130 g/mol. The number of hydrogen-bond acceptors (Lipinski definition) is 2. The molecule has 0 N–H and O–H groups in total. The molecule has 0 aliphatic carbocycles. The summed E-state index contributed by atoms with van der Waals surface area (Å²) < 4.78 is 4.89. The third kappa shape index (κ3) is 2.75. The van der Waals surface area contributed by atoms with Gasteiger partial charge in [-0.25, -0.2) is 0 Å². The molecule has 0 spiro atoms. The first kappa shape index (κ1) is 7.63. The van der Waals surface area contributed by atoms with Crippen molar-refractivity contribution < 1.29 is 4.74 Å². The van der Waals surface area contributed by atoms with Crippen molar-refractivity contribution in [1.29, 1.82) is 0 Å². The topological polar surface area (TPSA) is 9.23 Å². The number of hydrogen-bond donors (Lipinski definition) is 1. The van der Waals surface area contributed by atoms with Gasteiger partial charge in [-0.2, -0.15) is 12.6 Å². The molecule has 0 radical (unpaired) electrons. The van der Waals surface area contributed by atoms with Gasteiger partial charge in [0.1, 0.15) is 5.76 Å². The van der Waals surface area contributed by atoms with Gasteiger partial charge < -0.3 is 4.74 Å². The van der Waals surface area contributed by atoms with Crippen molar-refractivity contribution >= 4 is 12.6 Å². The molecule has 0 aromatic heterocycles. The average molecular weight is 130 g/mol. The minimum Gasteiger partial charge on any atom is -0.469 e. The molecule has 0 amide bonds. The van der Waals surface area contributed by atoms with Gasteiger partial charge in [0.15, 0.2) is 0 Å². The molecule has 46 valence electrons. The van der Waals surface area contributed by atoms with Crippen LogP contribution in [0.15, 0.2) is 24.7 Å². The molecule has 0 aromatic rings. The van der Waals surface area contributed by atoms with Crippen LogP contribution in [0, 0.1) is 0 Å². The molecule has 0 saturated heterocycles. The Morgan fingerprint density at radius 3 is 2.62 bits per heavy atom. The Morgan fingerprint density at radius 2 is 2.50 bits per heavy atom.